The van der Waals surface area contributed by atoms with Gasteiger partial charge in [-0.05, 0) is 35.3 Å². The molecule has 1 saturated heterocycles. The van der Waals surface area contributed by atoms with Gasteiger partial charge in [-0.15, -0.1) is 10.2 Å². The number of hydrogen-bond acceptors (Lipinski definition) is 5. The van der Waals surface area contributed by atoms with Crippen molar-refractivity contribution in [3.63, 3.8) is 0 Å². The monoisotopic (exact) mass is 399 g/mol. The van der Waals surface area contributed by atoms with Gasteiger partial charge in [0.25, 0.3) is 0 Å². The molecule has 6 heteroatoms. The molecule has 1 aliphatic heterocycles. The summed E-state index contributed by atoms with van der Waals surface area (Å²) in [4.78, 5) is 2.15. The van der Waals surface area contributed by atoms with Gasteiger partial charge in [-0.3, -0.25) is 4.57 Å². The first kappa shape index (κ1) is 19.9. The Labute approximate surface area is 177 Å². The van der Waals surface area contributed by atoms with E-state index in [0.29, 0.717) is 30.5 Å². The van der Waals surface area contributed by atoms with E-state index in [-0.39, 0.29) is 0 Å². The summed E-state index contributed by atoms with van der Waals surface area (Å²) in [5.74, 6) is 1.74. The number of nitriles is 1. The quantitative estimate of drug-likeness (QED) is 0.599. The molecule has 1 aromatic heterocycles. The van der Waals surface area contributed by atoms with E-state index in [0.717, 1.165) is 30.3 Å². The van der Waals surface area contributed by atoms with Gasteiger partial charge in [-0.1, -0.05) is 56.3 Å². The van der Waals surface area contributed by atoms with Crippen molar-refractivity contribution in [3.8, 4) is 11.8 Å². The molecule has 1 fully saturated rings. The van der Waals surface area contributed by atoms with Crippen molar-refractivity contribution in [1.82, 2.24) is 14.8 Å². The molecular formula is C24H25N5O. The zero-order chi connectivity index (χ0) is 20.9. The van der Waals surface area contributed by atoms with Crippen molar-refractivity contribution >= 4 is 17.6 Å². The molecule has 0 saturated carbocycles. The lowest BCUT2D eigenvalue weighted by atomic mass is 10.0. The second-order valence-electron chi connectivity index (χ2n) is 7.59. The molecule has 0 spiro atoms. The van der Waals surface area contributed by atoms with Crippen LogP contribution in [-0.2, 0) is 4.74 Å². The molecule has 0 N–H and O–H groups in total. The molecule has 0 radical (unpaired) electrons. The molecule has 2 aromatic carbocycles. The molecule has 0 unspecified atom stereocenters. The summed E-state index contributed by atoms with van der Waals surface area (Å²) < 4.78 is 7.45. The van der Waals surface area contributed by atoms with Gasteiger partial charge in [0.05, 0.1) is 24.5 Å². The van der Waals surface area contributed by atoms with Crippen molar-refractivity contribution in [3.05, 3.63) is 71.5 Å². The smallest absolute Gasteiger partial charge is 0.232 e. The lowest BCUT2D eigenvalue weighted by molar-refractivity contribution is 0.122. The third kappa shape index (κ3) is 4.12. The SMILES string of the molecule is CC(C)c1ccc(/C=C(\C#N)c2nnc(N3CCOCC3)n2-c2ccccc2)cc1. The Morgan fingerprint density at radius 2 is 1.73 bits per heavy atom. The number of nitrogens with zero attached hydrogens (tertiary/aromatic N) is 5. The van der Waals surface area contributed by atoms with Crippen molar-refractivity contribution in [2.75, 3.05) is 31.2 Å². The summed E-state index contributed by atoms with van der Waals surface area (Å²) >= 11 is 0. The molecule has 2 heterocycles. The van der Waals surface area contributed by atoms with Gasteiger partial charge in [-0.25, -0.2) is 0 Å². The third-order valence-corrected chi connectivity index (χ3v) is 5.23. The number of allylic oxidation sites excluding steroid dienone is 1. The summed E-state index contributed by atoms with van der Waals surface area (Å²) in [6, 6.07) is 20.5. The normalized spacial score (nSPS) is 14.7. The van der Waals surface area contributed by atoms with Gasteiger partial charge < -0.3 is 9.64 Å². The number of rotatable bonds is 5. The average molecular weight is 399 g/mol. The van der Waals surface area contributed by atoms with Crippen LogP contribution >= 0.6 is 0 Å². The number of anilines is 1. The van der Waals surface area contributed by atoms with E-state index in [1.807, 2.05) is 53.1 Å². The van der Waals surface area contributed by atoms with Crippen LogP contribution in [0.5, 0.6) is 0 Å². The topological polar surface area (TPSA) is 67.0 Å². The summed E-state index contributed by atoms with van der Waals surface area (Å²) in [6.45, 7) is 7.13. The minimum atomic E-state index is 0.468. The van der Waals surface area contributed by atoms with Crippen molar-refractivity contribution in [2.45, 2.75) is 19.8 Å². The first-order chi connectivity index (χ1) is 14.7. The number of morpholine rings is 1. The fourth-order valence-electron chi connectivity index (χ4n) is 3.52. The number of aromatic nitrogens is 3. The maximum atomic E-state index is 9.94. The van der Waals surface area contributed by atoms with E-state index in [9.17, 15) is 5.26 Å². The van der Waals surface area contributed by atoms with Gasteiger partial charge in [0.1, 0.15) is 6.07 Å². The van der Waals surface area contributed by atoms with Gasteiger partial charge in [0.2, 0.25) is 5.95 Å². The predicted molar refractivity (Wildman–Crippen MR) is 118 cm³/mol. The minimum absolute atomic E-state index is 0.468. The molecule has 0 bridgehead atoms. The van der Waals surface area contributed by atoms with Crippen LogP contribution in [0.15, 0.2) is 54.6 Å². The van der Waals surface area contributed by atoms with Crippen LogP contribution in [0.1, 0.15) is 36.7 Å². The lowest BCUT2D eigenvalue weighted by Gasteiger charge is -2.28. The fraction of sp³-hybridized carbons (Fsp3) is 0.292. The second kappa shape index (κ2) is 8.93. The zero-order valence-corrected chi connectivity index (χ0v) is 17.3. The van der Waals surface area contributed by atoms with Crippen LogP contribution in [-0.4, -0.2) is 41.1 Å². The lowest BCUT2D eigenvalue weighted by Crippen LogP contribution is -2.38. The Bertz CT molecular complexity index is 1060. The second-order valence-corrected chi connectivity index (χ2v) is 7.59. The maximum Gasteiger partial charge on any atom is 0.232 e. The van der Waals surface area contributed by atoms with E-state index in [1.165, 1.54) is 5.56 Å². The molecule has 0 aliphatic carbocycles. The molecule has 4 rings (SSSR count). The highest BCUT2D eigenvalue weighted by molar-refractivity contribution is 5.88. The number of para-hydroxylation sites is 1. The Kier molecular flexibility index (Phi) is 5.92. The average Bonchev–Trinajstić information content (AvgIpc) is 3.24. The largest absolute Gasteiger partial charge is 0.378 e. The standard InChI is InChI=1S/C24H25N5O/c1-18(2)20-10-8-19(9-11-20)16-21(17-25)23-26-27-24(28-12-14-30-15-13-28)29(23)22-6-4-3-5-7-22/h3-11,16,18H,12-15H2,1-2H3/b21-16+. The van der Waals surface area contributed by atoms with E-state index >= 15 is 0 Å². The van der Waals surface area contributed by atoms with Crippen LogP contribution < -0.4 is 4.90 Å². The van der Waals surface area contributed by atoms with Crippen LogP contribution in [0.25, 0.3) is 17.3 Å². The molecule has 30 heavy (non-hydrogen) atoms. The molecule has 0 atom stereocenters. The Morgan fingerprint density at radius 1 is 1.03 bits per heavy atom. The fourth-order valence-corrected chi connectivity index (χ4v) is 3.52. The van der Waals surface area contributed by atoms with Crippen molar-refractivity contribution < 1.29 is 4.74 Å². The number of hydrogen-bond donors (Lipinski definition) is 0. The minimum Gasteiger partial charge on any atom is -0.378 e. The van der Waals surface area contributed by atoms with E-state index in [1.54, 1.807) is 0 Å². The van der Waals surface area contributed by atoms with Crippen LogP contribution in [0.2, 0.25) is 0 Å². The summed E-state index contributed by atoms with van der Waals surface area (Å²) in [5, 5.41) is 18.8. The highest BCUT2D eigenvalue weighted by Crippen LogP contribution is 2.26. The van der Waals surface area contributed by atoms with Gasteiger partial charge >= 0.3 is 0 Å². The molecule has 0 amide bonds. The van der Waals surface area contributed by atoms with Crippen molar-refractivity contribution in [2.24, 2.45) is 0 Å². The first-order valence-electron chi connectivity index (χ1n) is 10.2. The number of benzene rings is 2. The highest BCUT2D eigenvalue weighted by atomic mass is 16.5. The predicted octanol–water partition coefficient (Wildman–Crippen LogP) is 4.29. The molecule has 1 aliphatic rings. The third-order valence-electron chi connectivity index (χ3n) is 5.23. The Hall–Kier alpha value is -3.43. The first-order valence-corrected chi connectivity index (χ1v) is 10.2. The van der Waals surface area contributed by atoms with Gasteiger partial charge in [0.15, 0.2) is 5.82 Å². The summed E-state index contributed by atoms with van der Waals surface area (Å²) in [6.07, 6.45) is 1.87. The summed E-state index contributed by atoms with van der Waals surface area (Å²) in [5.41, 5.74) is 3.64. The number of ether oxygens (including phenoxy) is 1. The van der Waals surface area contributed by atoms with E-state index in [2.05, 4.69) is 47.1 Å². The van der Waals surface area contributed by atoms with Gasteiger partial charge in [0, 0.05) is 13.1 Å². The zero-order valence-electron chi connectivity index (χ0n) is 17.3. The molecule has 152 valence electrons. The Morgan fingerprint density at radius 3 is 2.37 bits per heavy atom. The maximum absolute atomic E-state index is 9.94. The summed E-state index contributed by atoms with van der Waals surface area (Å²) in [7, 11) is 0. The van der Waals surface area contributed by atoms with E-state index < -0.39 is 0 Å². The van der Waals surface area contributed by atoms with E-state index in [4.69, 9.17) is 4.74 Å². The highest BCUT2D eigenvalue weighted by Gasteiger charge is 2.23. The molecule has 6 nitrogen and oxygen atoms in total. The van der Waals surface area contributed by atoms with Gasteiger partial charge in [-0.2, -0.15) is 5.26 Å². The molecule has 3 aromatic rings. The van der Waals surface area contributed by atoms with Crippen LogP contribution in [0.4, 0.5) is 5.95 Å². The van der Waals surface area contributed by atoms with Crippen molar-refractivity contribution in [1.29, 1.82) is 5.26 Å². The van der Waals surface area contributed by atoms with Crippen LogP contribution in [0.3, 0.4) is 0 Å². The van der Waals surface area contributed by atoms with Crippen LogP contribution in [0, 0.1) is 11.3 Å². The molecular weight excluding hydrogens is 374 g/mol. The Balaban J connectivity index is 1.78.